The minimum absolute atomic E-state index is 0.0529. The fraction of sp³-hybridized carbons (Fsp3) is 0.409. The van der Waals surface area contributed by atoms with Gasteiger partial charge in [0.1, 0.15) is 5.60 Å². The quantitative estimate of drug-likeness (QED) is 0.267. The molecule has 2 aromatic rings. The zero-order valence-electron chi connectivity index (χ0n) is 18.6. The van der Waals surface area contributed by atoms with Crippen molar-refractivity contribution in [3.05, 3.63) is 53.9 Å². The van der Waals surface area contributed by atoms with Gasteiger partial charge in [0, 0.05) is 57.1 Å². The van der Waals surface area contributed by atoms with E-state index in [4.69, 9.17) is 15.9 Å². The van der Waals surface area contributed by atoms with Crippen molar-refractivity contribution >= 4 is 27.8 Å². The molecule has 0 aliphatic carbocycles. The maximum absolute atomic E-state index is 13.1. The highest BCUT2D eigenvalue weighted by Crippen LogP contribution is 2.30. The lowest BCUT2D eigenvalue weighted by atomic mass is 9.91. The largest absolute Gasteiger partial charge is 0.506 e. The normalized spacial score (nSPS) is 17.6. The highest BCUT2D eigenvalue weighted by Gasteiger charge is 2.39. The van der Waals surface area contributed by atoms with Gasteiger partial charge in [-0.05, 0) is 41.8 Å². The number of hydrogen-bond acceptors (Lipinski definition) is 7. The first kappa shape index (κ1) is 23.8. The van der Waals surface area contributed by atoms with Crippen molar-refractivity contribution in [2.24, 2.45) is 5.73 Å². The lowest BCUT2D eigenvalue weighted by molar-refractivity contribution is -0.0300. The van der Waals surface area contributed by atoms with Crippen LogP contribution in [-0.4, -0.2) is 67.3 Å². The van der Waals surface area contributed by atoms with Gasteiger partial charge in [-0.25, -0.2) is 17.9 Å². The zero-order valence-corrected chi connectivity index (χ0v) is 19.4. The number of carbonyl (C=O) groups is 1. The van der Waals surface area contributed by atoms with Gasteiger partial charge in [0.05, 0.1) is 11.4 Å². The highest BCUT2D eigenvalue weighted by atomic mass is 32.2. The Bertz CT molecular complexity index is 1170. The van der Waals surface area contributed by atoms with E-state index in [9.17, 15) is 18.3 Å². The fourth-order valence-corrected chi connectivity index (χ4v) is 5.61. The Morgan fingerprint density at radius 1 is 1.18 bits per heavy atom. The van der Waals surface area contributed by atoms with Gasteiger partial charge in [-0.3, -0.25) is 10.4 Å². The number of fused-ring (bicyclic) bond motifs is 1. The van der Waals surface area contributed by atoms with Crippen LogP contribution in [0.4, 0.5) is 10.5 Å². The number of nitrogens with zero attached hydrogens (tertiary/aromatic N) is 3. The second-order valence-corrected chi connectivity index (χ2v) is 10.3. The molecular weight excluding hydrogens is 460 g/mol. The Hall–Kier alpha value is -3.38. The summed E-state index contributed by atoms with van der Waals surface area (Å²) in [6.45, 7) is 1.84. The number of piperidine rings is 1. The molecule has 0 atom stereocenters. The monoisotopic (exact) mass is 488 g/mol. The summed E-state index contributed by atoms with van der Waals surface area (Å²) in [7, 11) is -3.92. The average Bonchev–Trinajstić information content (AvgIpc) is 2.83. The van der Waals surface area contributed by atoms with E-state index in [1.807, 2.05) is 12.1 Å². The number of carboxylic acid groups (broad SMARTS) is 1. The summed E-state index contributed by atoms with van der Waals surface area (Å²) >= 11 is 0. The van der Waals surface area contributed by atoms with E-state index < -0.39 is 21.8 Å². The van der Waals surface area contributed by atoms with E-state index in [1.165, 1.54) is 0 Å². The summed E-state index contributed by atoms with van der Waals surface area (Å²) in [5, 5.41) is 16.9. The molecule has 12 heteroatoms. The summed E-state index contributed by atoms with van der Waals surface area (Å²) in [4.78, 5) is 19.3. The smallest absolute Gasteiger partial charge is 0.450 e. The standard InChI is InChI=1S/C22H28N6O5S/c23-20(24)28-10-5-16-1-2-19(13-17(16)14-28)34(31,32)26-15-22(33-21(29)30)6-11-27(12-7-22)18-3-8-25-9-4-18/h1-4,8-9,13,26H,5-7,10-12,14-15H2,(H3,23,24)(H,29,30). The third-order valence-electron chi connectivity index (χ3n) is 6.43. The van der Waals surface area contributed by atoms with Gasteiger partial charge in [0.25, 0.3) is 0 Å². The molecule has 182 valence electrons. The molecular formula is C22H28N6O5S. The molecule has 3 heterocycles. The Kier molecular flexibility index (Phi) is 6.62. The predicted octanol–water partition coefficient (Wildman–Crippen LogP) is 1.35. The number of aromatic nitrogens is 1. The van der Waals surface area contributed by atoms with Crippen LogP contribution in [0.1, 0.15) is 24.0 Å². The van der Waals surface area contributed by atoms with E-state index in [2.05, 4.69) is 14.6 Å². The average molecular weight is 489 g/mol. The third-order valence-corrected chi connectivity index (χ3v) is 7.83. The van der Waals surface area contributed by atoms with Crippen LogP contribution in [0.3, 0.4) is 0 Å². The number of nitrogens with two attached hydrogens (primary N) is 1. The van der Waals surface area contributed by atoms with Gasteiger partial charge in [-0.15, -0.1) is 0 Å². The van der Waals surface area contributed by atoms with E-state index in [0.29, 0.717) is 45.4 Å². The van der Waals surface area contributed by atoms with Gasteiger partial charge in [0.2, 0.25) is 10.0 Å². The van der Waals surface area contributed by atoms with Crippen molar-refractivity contribution in [1.82, 2.24) is 14.6 Å². The van der Waals surface area contributed by atoms with E-state index in [1.54, 1.807) is 35.5 Å². The molecule has 0 amide bonds. The Balaban J connectivity index is 1.47. The Labute approximate surface area is 198 Å². The second-order valence-electron chi connectivity index (χ2n) is 8.56. The summed E-state index contributed by atoms with van der Waals surface area (Å²) in [6.07, 6.45) is 3.28. The summed E-state index contributed by atoms with van der Waals surface area (Å²) in [5.74, 6) is -0.0529. The molecule has 0 radical (unpaired) electrons. The fourth-order valence-electron chi connectivity index (χ4n) is 4.44. The van der Waals surface area contributed by atoms with Crippen LogP contribution in [0.2, 0.25) is 0 Å². The van der Waals surface area contributed by atoms with Crippen molar-refractivity contribution in [3.8, 4) is 0 Å². The van der Waals surface area contributed by atoms with E-state index >= 15 is 0 Å². The molecule has 0 saturated carbocycles. The number of hydrogen-bond donors (Lipinski definition) is 4. The van der Waals surface area contributed by atoms with Gasteiger partial charge < -0.3 is 25.4 Å². The van der Waals surface area contributed by atoms with Gasteiger partial charge >= 0.3 is 6.16 Å². The first-order chi connectivity index (χ1) is 16.2. The van der Waals surface area contributed by atoms with Crippen LogP contribution < -0.4 is 15.4 Å². The number of guanidine groups is 1. The molecule has 4 rings (SSSR count). The molecule has 2 aliphatic heterocycles. The van der Waals surface area contributed by atoms with Crippen LogP contribution in [-0.2, 0) is 27.7 Å². The summed E-state index contributed by atoms with van der Waals surface area (Å²) in [5.41, 5.74) is 7.21. The maximum Gasteiger partial charge on any atom is 0.506 e. The minimum Gasteiger partial charge on any atom is -0.450 e. The molecule has 0 unspecified atom stereocenters. The molecule has 1 aromatic heterocycles. The lowest BCUT2D eigenvalue weighted by Crippen LogP contribution is -2.53. The molecule has 11 nitrogen and oxygen atoms in total. The SMILES string of the molecule is N=C(N)N1CCc2ccc(S(=O)(=O)NCC3(OC(=O)O)CCN(c4ccncc4)CC3)cc2C1. The van der Waals surface area contributed by atoms with Crippen molar-refractivity contribution in [2.45, 2.75) is 36.3 Å². The molecule has 2 aliphatic rings. The number of anilines is 1. The number of rotatable bonds is 6. The van der Waals surface area contributed by atoms with Gasteiger partial charge in [0.15, 0.2) is 5.96 Å². The van der Waals surface area contributed by atoms with Crippen LogP contribution in [0.5, 0.6) is 0 Å². The van der Waals surface area contributed by atoms with Crippen molar-refractivity contribution in [3.63, 3.8) is 0 Å². The van der Waals surface area contributed by atoms with Crippen LogP contribution in [0, 0.1) is 5.41 Å². The van der Waals surface area contributed by atoms with Crippen LogP contribution in [0.25, 0.3) is 0 Å². The third kappa shape index (κ3) is 5.23. The van der Waals surface area contributed by atoms with E-state index in [0.717, 1.165) is 16.8 Å². The molecule has 1 fully saturated rings. The first-order valence-corrected chi connectivity index (χ1v) is 12.4. The number of benzene rings is 1. The van der Waals surface area contributed by atoms with Gasteiger partial charge in [-0.1, -0.05) is 6.07 Å². The number of pyridine rings is 1. The van der Waals surface area contributed by atoms with Crippen LogP contribution >= 0.6 is 0 Å². The van der Waals surface area contributed by atoms with Crippen molar-refractivity contribution in [2.75, 3.05) is 31.1 Å². The number of nitrogens with one attached hydrogen (secondary N) is 2. The number of ether oxygens (including phenoxy) is 1. The summed E-state index contributed by atoms with van der Waals surface area (Å²) in [6, 6.07) is 8.65. The second kappa shape index (κ2) is 9.47. The molecule has 5 N–H and O–H groups in total. The molecule has 34 heavy (non-hydrogen) atoms. The Morgan fingerprint density at radius 3 is 2.53 bits per heavy atom. The molecule has 0 bridgehead atoms. The van der Waals surface area contributed by atoms with Crippen molar-refractivity contribution in [1.29, 1.82) is 5.41 Å². The lowest BCUT2D eigenvalue weighted by Gasteiger charge is -2.41. The Morgan fingerprint density at radius 2 is 1.88 bits per heavy atom. The summed E-state index contributed by atoms with van der Waals surface area (Å²) < 4.78 is 33.9. The van der Waals surface area contributed by atoms with E-state index in [-0.39, 0.29) is 17.4 Å². The van der Waals surface area contributed by atoms with Crippen LogP contribution in [0.15, 0.2) is 47.6 Å². The van der Waals surface area contributed by atoms with Gasteiger partial charge in [-0.2, -0.15) is 0 Å². The maximum atomic E-state index is 13.1. The molecule has 1 aromatic carbocycles. The first-order valence-electron chi connectivity index (χ1n) is 10.9. The molecule has 0 spiro atoms. The highest BCUT2D eigenvalue weighted by molar-refractivity contribution is 7.89. The zero-order chi connectivity index (χ0) is 24.3. The predicted molar refractivity (Wildman–Crippen MR) is 125 cm³/mol. The minimum atomic E-state index is -3.92. The number of sulfonamides is 1. The molecule has 1 saturated heterocycles. The topological polar surface area (TPSA) is 162 Å². The van der Waals surface area contributed by atoms with Crippen molar-refractivity contribution < 1.29 is 23.1 Å².